The van der Waals surface area contributed by atoms with Crippen LogP contribution in [0.5, 0.6) is 0 Å². The minimum Gasteiger partial charge on any atom is -0.465 e. The van der Waals surface area contributed by atoms with Crippen LogP contribution in [0.4, 0.5) is 0 Å². The van der Waals surface area contributed by atoms with Crippen LogP contribution in [-0.4, -0.2) is 49.4 Å². The van der Waals surface area contributed by atoms with Crippen molar-refractivity contribution in [3.8, 4) is 0 Å². The molecule has 0 fully saturated rings. The van der Waals surface area contributed by atoms with Crippen molar-refractivity contribution < 1.29 is 9.21 Å². The molecule has 1 heterocycles. The van der Waals surface area contributed by atoms with Crippen LogP contribution in [0.1, 0.15) is 24.4 Å². The summed E-state index contributed by atoms with van der Waals surface area (Å²) in [6.07, 6.45) is 1.38. The molecule has 0 bridgehead atoms. The summed E-state index contributed by atoms with van der Waals surface area (Å²) in [6.45, 7) is 4.74. The number of nitrogens with two attached hydrogens (primary N) is 1. The first kappa shape index (κ1) is 15.7. The lowest BCUT2D eigenvalue weighted by Gasteiger charge is -2.19. The Morgan fingerprint density at radius 1 is 1.32 bits per heavy atom. The molecule has 0 unspecified atom stereocenters. The second-order valence-electron chi connectivity index (χ2n) is 4.96. The number of aryl methyl sites for hydroxylation is 1. The minimum atomic E-state index is 0.163. The maximum Gasteiger partial charge on any atom is 0.223 e. The predicted molar refractivity (Wildman–Crippen MR) is 75.7 cm³/mol. The zero-order chi connectivity index (χ0) is 14.3. The van der Waals surface area contributed by atoms with Gasteiger partial charge in [-0.1, -0.05) is 0 Å². The summed E-state index contributed by atoms with van der Waals surface area (Å²) in [4.78, 5) is 15.7. The average Bonchev–Trinajstić information content (AvgIpc) is 2.78. The first-order valence-corrected chi connectivity index (χ1v) is 6.71. The lowest BCUT2D eigenvalue weighted by molar-refractivity contribution is -0.130. The molecule has 5 heteroatoms. The largest absolute Gasteiger partial charge is 0.465 e. The molecule has 1 rings (SSSR count). The van der Waals surface area contributed by atoms with E-state index in [1.807, 2.05) is 33.2 Å². The highest BCUT2D eigenvalue weighted by Crippen LogP contribution is 2.08. The third-order valence-electron chi connectivity index (χ3n) is 3.05. The topological polar surface area (TPSA) is 62.7 Å². The van der Waals surface area contributed by atoms with Crippen molar-refractivity contribution >= 4 is 5.91 Å². The number of rotatable bonds is 8. The number of carbonyl (C=O) groups excluding carboxylic acids is 1. The van der Waals surface area contributed by atoms with E-state index in [1.54, 1.807) is 4.90 Å². The zero-order valence-electron chi connectivity index (χ0n) is 12.2. The third-order valence-corrected chi connectivity index (χ3v) is 3.05. The van der Waals surface area contributed by atoms with Gasteiger partial charge in [-0.2, -0.15) is 0 Å². The smallest absolute Gasteiger partial charge is 0.223 e. The molecule has 0 aliphatic rings. The van der Waals surface area contributed by atoms with Crippen molar-refractivity contribution in [3.05, 3.63) is 23.7 Å². The van der Waals surface area contributed by atoms with E-state index in [0.717, 1.165) is 37.6 Å². The van der Waals surface area contributed by atoms with Gasteiger partial charge in [0.15, 0.2) is 0 Å². The Balaban J connectivity index is 2.25. The van der Waals surface area contributed by atoms with Crippen LogP contribution >= 0.6 is 0 Å². The first-order chi connectivity index (χ1) is 9.02. The van der Waals surface area contributed by atoms with E-state index in [1.165, 1.54) is 0 Å². The number of furan rings is 1. The standard InChI is InChI=1S/C14H25N3O2/c1-12-5-6-13(19-12)11-16(2)10-7-14(18)17(3)9-4-8-15/h5-6H,4,7-11,15H2,1-3H3. The predicted octanol–water partition coefficient (Wildman–Crippen LogP) is 1.22. The Hall–Kier alpha value is -1.33. The van der Waals surface area contributed by atoms with Crippen LogP contribution in [0.3, 0.4) is 0 Å². The number of hydrogen-bond donors (Lipinski definition) is 1. The Bertz CT molecular complexity index is 390. The molecule has 0 radical (unpaired) electrons. The van der Waals surface area contributed by atoms with Crippen LogP contribution in [0.2, 0.25) is 0 Å². The number of hydrogen-bond acceptors (Lipinski definition) is 4. The monoisotopic (exact) mass is 267 g/mol. The highest BCUT2D eigenvalue weighted by molar-refractivity contribution is 5.76. The van der Waals surface area contributed by atoms with Crippen LogP contribution in [0.15, 0.2) is 16.5 Å². The van der Waals surface area contributed by atoms with Gasteiger partial charge in [0.1, 0.15) is 11.5 Å². The molecule has 0 aromatic carbocycles. The van der Waals surface area contributed by atoms with Gasteiger partial charge in [-0.05, 0) is 39.1 Å². The quantitative estimate of drug-likeness (QED) is 0.769. The number of amides is 1. The fourth-order valence-corrected chi connectivity index (χ4v) is 1.85. The van der Waals surface area contributed by atoms with Crippen molar-refractivity contribution in [3.63, 3.8) is 0 Å². The Morgan fingerprint density at radius 2 is 2.05 bits per heavy atom. The lowest BCUT2D eigenvalue weighted by Crippen LogP contribution is -2.32. The van der Waals surface area contributed by atoms with Gasteiger partial charge in [-0.3, -0.25) is 9.69 Å². The molecule has 19 heavy (non-hydrogen) atoms. The number of nitrogens with zero attached hydrogens (tertiary/aromatic N) is 2. The van der Waals surface area contributed by atoms with Gasteiger partial charge in [0, 0.05) is 26.6 Å². The van der Waals surface area contributed by atoms with E-state index in [4.69, 9.17) is 10.2 Å². The average molecular weight is 267 g/mol. The van der Waals surface area contributed by atoms with Crippen LogP contribution in [0.25, 0.3) is 0 Å². The van der Waals surface area contributed by atoms with E-state index in [2.05, 4.69) is 4.90 Å². The molecule has 0 saturated heterocycles. The summed E-state index contributed by atoms with van der Waals surface area (Å²) in [5.41, 5.74) is 5.43. The minimum absolute atomic E-state index is 0.163. The van der Waals surface area contributed by atoms with Crippen molar-refractivity contribution in [1.29, 1.82) is 0 Å². The molecule has 0 aliphatic heterocycles. The second-order valence-corrected chi connectivity index (χ2v) is 4.96. The lowest BCUT2D eigenvalue weighted by atomic mass is 10.3. The van der Waals surface area contributed by atoms with Crippen molar-refractivity contribution in [1.82, 2.24) is 9.80 Å². The molecule has 2 N–H and O–H groups in total. The van der Waals surface area contributed by atoms with Gasteiger partial charge >= 0.3 is 0 Å². The second kappa shape index (κ2) is 7.96. The van der Waals surface area contributed by atoms with Crippen molar-refractivity contribution in [2.75, 3.05) is 33.7 Å². The molecule has 0 aliphatic carbocycles. The van der Waals surface area contributed by atoms with Crippen molar-refractivity contribution in [2.45, 2.75) is 26.3 Å². The molecule has 0 spiro atoms. The zero-order valence-corrected chi connectivity index (χ0v) is 12.2. The van der Waals surface area contributed by atoms with Crippen LogP contribution in [0, 0.1) is 6.92 Å². The van der Waals surface area contributed by atoms with Gasteiger partial charge in [-0.15, -0.1) is 0 Å². The van der Waals surface area contributed by atoms with Crippen molar-refractivity contribution in [2.24, 2.45) is 5.73 Å². The molecule has 108 valence electrons. The summed E-state index contributed by atoms with van der Waals surface area (Å²) >= 11 is 0. The maximum atomic E-state index is 11.8. The molecule has 0 atom stereocenters. The highest BCUT2D eigenvalue weighted by atomic mass is 16.3. The van der Waals surface area contributed by atoms with Gasteiger partial charge in [0.25, 0.3) is 0 Å². The van der Waals surface area contributed by atoms with Crippen LogP contribution in [-0.2, 0) is 11.3 Å². The summed E-state index contributed by atoms with van der Waals surface area (Å²) in [6, 6.07) is 3.93. The summed E-state index contributed by atoms with van der Waals surface area (Å²) in [7, 11) is 3.82. The maximum absolute atomic E-state index is 11.8. The van der Waals surface area contributed by atoms with E-state index in [9.17, 15) is 4.79 Å². The SMILES string of the molecule is Cc1ccc(CN(C)CCC(=O)N(C)CCCN)o1. The summed E-state index contributed by atoms with van der Waals surface area (Å²) < 4.78 is 5.51. The molecule has 5 nitrogen and oxygen atoms in total. The van der Waals surface area contributed by atoms with Gasteiger partial charge in [0.2, 0.25) is 5.91 Å². The normalized spacial score (nSPS) is 11.0. The van der Waals surface area contributed by atoms with Gasteiger partial charge < -0.3 is 15.1 Å². The Morgan fingerprint density at radius 3 is 2.63 bits per heavy atom. The molecular formula is C14H25N3O2. The molecule has 0 saturated carbocycles. The molecular weight excluding hydrogens is 242 g/mol. The van der Waals surface area contributed by atoms with E-state index in [0.29, 0.717) is 13.0 Å². The fourth-order valence-electron chi connectivity index (χ4n) is 1.85. The first-order valence-electron chi connectivity index (χ1n) is 6.71. The van der Waals surface area contributed by atoms with E-state index >= 15 is 0 Å². The van der Waals surface area contributed by atoms with Gasteiger partial charge in [-0.25, -0.2) is 0 Å². The molecule has 1 aromatic rings. The molecule has 1 aromatic heterocycles. The van der Waals surface area contributed by atoms with E-state index in [-0.39, 0.29) is 5.91 Å². The third kappa shape index (κ3) is 5.89. The molecule has 1 amide bonds. The Labute approximate surface area is 115 Å². The highest BCUT2D eigenvalue weighted by Gasteiger charge is 2.10. The Kier molecular flexibility index (Phi) is 6.59. The van der Waals surface area contributed by atoms with E-state index < -0.39 is 0 Å². The summed E-state index contributed by atoms with van der Waals surface area (Å²) in [5.74, 6) is 2.01. The van der Waals surface area contributed by atoms with Crippen LogP contribution < -0.4 is 5.73 Å². The number of carbonyl (C=O) groups is 1. The fraction of sp³-hybridized carbons (Fsp3) is 0.643. The van der Waals surface area contributed by atoms with Gasteiger partial charge in [0.05, 0.1) is 6.54 Å². The summed E-state index contributed by atoms with van der Waals surface area (Å²) in [5, 5.41) is 0.